The third-order valence-corrected chi connectivity index (χ3v) is 3.95. The molecule has 3 N–H and O–H groups in total. The number of fused-ring (bicyclic) bond motifs is 1. The molecule has 1 amide bonds. The fraction of sp³-hybridized carbons (Fsp3) is 0.562. The van der Waals surface area contributed by atoms with E-state index in [1.165, 1.54) is 0 Å². The molecule has 0 saturated heterocycles. The summed E-state index contributed by atoms with van der Waals surface area (Å²) in [5.74, 6) is 0. The monoisotopic (exact) mass is 326 g/mol. The fourth-order valence-electron chi connectivity index (χ4n) is 2.55. The van der Waals surface area contributed by atoms with Gasteiger partial charge < -0.3 is 20.5 Å². The highest BCUT2D eigenvalue weighted by Gasteiger charge is 2.36. The molecule has 0 bridgehead atoms. The van der Waals surface area contributed by atoms with E-state index in [4.69, 9.17) is 22.1 Å². The van der Waals surface area contributed by atoms with Crippen LogP contribution in [-0.4, -0.2) is 34.8 Å². The number of hydrogen-bond donors (Lipinski definition) is 2. The number of nitrogens with two attached hydrogens (primary N) is 1. The molecular formula is C16H23ClN2O3. The van der Waals surface area contributed by atoms with Crippen molar-refractivity contribution in [1.82, 2.24) is 4.90 Å². The van der Waals surface area contributed by atoms with E-state index in [0.29, 0.717) is 30.1 Å². The van der Waals surface area contributed by atoms with Crippen LogP contribution in [0.15, 0.2) is 18.2 Å². The Morgan fingerprint density at radius 3 is 2.77 bits per heavy atom. The van der Waals surface area contributed by atoms with Gasteiger partial charge in [-0.3, -0.25) is 0 Å². The van der Waals surface area contributed by atoms with Crippen molar-refractivity contribution in [3.8, 4) is 0 Å². The van der Waals surface area contributed by atoms with Gasteiger partial charge in [-0.2, -0.15) is 0 Å². The lowest BCUT2D eigenvalue weighted by molar-refractivity contribution is 0.0109. The zero-order valence-electron chi connectivity index (χ0n) is 13.2. The highest BCUT2D eigenvalue weighted by molar-refractivity contribution is 6.30. The fourth-order valence-corrected chi connectivity index (χ4v) is 2.73. The highest BCUT2D eigenvalue weighted by Crippen LogP contribution is 2.33. The standard InChI is InChI=1S/C16H23ClN2O3/c1-15(2,3)22-14(20)19-7-6-16(21,10-18)13-8-12(17)5-4-11(13)9-19/h4-5,8,21H,6-7,9-10,18H2,1-3H3. The lowest BCUT2D eigenvalue weighted by Gasteiger charge is -2.28. The molecule has 122 valence electrons. The summed E-state index contributed by atoms with van der Waals surface area (Å²) < 4.78 is 5.42. The van der Waals surface area contributed by atoms with E-state index >= 15 is 0 Å². The maximum Gasteiger partial charge on any atom is 0.410 e. The van der Waals surface area contributed by atoms with E-state index < -0.39 is 17.3 Å². The molecule has 0 saturated carbocycles. The minimum Gasteiger partial charge on any atom is -0.444 e. The van der Waals surface area contributed by atoms with Crippen LogP contribution in [0, 0.1) is 0 Å². The van der Waals surface area contributed by atoms with Gasteiger partial charge in [-0.1, -0.05) is 17.7 Å². The van der Waals surface area contributed by atoms with E-state index in [0.717, 1.165) is 5.56 Å². The van der Waals surface area contributed by atoms with E-state index in [1.54, 1.807) is 17.0 Å². The zero-order chi connectivity index (χ0) is 16.5. The van der Waals surface area contributed by atoms with Crippen LogP contribution in [0.25, 0.3) is 0 Å². The van der Waals surface area contributed by atoms with Crippen LogP contribution in [0.1, 0.15) is 38.3 Å². The molecule has 1 aliphatic heterocycles. The van der Waals surface area contributed by atoms with E-state index in [2.05, 4.69) is 0 Å². The first-order valence-corrected chi connectivity index (χ1v) is 7.72. The molecule has 1 aromatic rings. The molecule has 2 rings (SSSR count). The molecule has 1 aromatic carbocycles. The van der Waals surface area contributed by atoms with E-state index in [9.17, 15) is 9.90 Å². The minimum atomic E-state index is -1.18. The summed E-state index contributed by atoms with van der Waals surface area (Å²) in [6.07, 6.45) is -0.0505. The average molecular weight is 327 g/mol. The van der Waals surface area contributed by atoms with Crippen LogP contribution < -0.4 is 5.73 Å². The van der Waals surface area contributed by atoms with Gasteiger partial charge in [0.25, 0.3) is 0 Å². The van der Waals surface area contributed by atoms with Gasteiger partial charge in [0.15, 0.2) is 0 Å². The van der Waals surface area contributed by atoms with Crippen molar-refractivity contribution in [3.05, 3.63) is 34.3 Å². The summed E-state index contributed by atoms with van der Waals surface area (Å²) in [7, 11) is 0. The Bertz CT molecular complexity index is 571. The van der Waals surface area contributed by atoms with Gasteiger partial charge in [-0.15, -0.1) is 0 Å². The van der Waals surface area contributed by atoms with Crippen molar-refractivity contribution in [2.45, 2.75) is 44.9 Å². The highest BCUT2D eigenvalue weighted by atomic mass is 35.5. The molecule has 6 heteroatoms. The van der Waals surface area contributed by atoms with Crippen LogP contribution >= 0.6 is 11.6 Å². The molecule has 1 unspecified atom stereocenters. The van der Waals surface area contributed by atoms with Crippen molar-refractivity contribution >= 4 is 17.7 Å². The Balaban J connectivity index is 2.32. The Morgan fingerprint density at radius 1 is 1.50 bits per heavy atom. The largest absolute Gasteiger partial charge is 0.444 e. The quantitative estimate of drug-likeness (QED) is 0.831. The normalized spacial score (nSPS) is 22.0. The topological polar surface area (TPSA) is 75.8 Å². The smallest absolute Gasteiger partial charge is 0.410 e. The summed E-state index contributed by atoms with van der Waals surface area (Å²) in [5.41, 5.74) is 5.55. The number of ether oxygens (including phenoxy) is 1. The maximum atomic E-state index is 12.3. The maximum absolute atomic E-state index is 12.3. The van der Waals surface area contributed by atoms with E-state index in [1.807, 2.05) is 26.8 Å². The molecular weight excluding hydrogens is 304 g/mol. The number of amides is 1. The summed E-state index contributed by atoms with van der Waals surface area (Å²) in [6.45, 7) is 6.28. The van der Waals surface area contributed by atoms with E-state index in [-0.39, 0.29) is 6.54 Å². The number of carbonyl (C=O) groups is 1. The predicted octanol–water partition coefficient (Wildman–Crippen LogP) is 2.63. The second-order valence-electron chi connectivity index (χ2n) is 6.69. The van der Waals surface area contributed by atoms with Crippen LogP contribution in [0.2, 0.25) is 5.02 Å². The van der Waals surface area contributed by atoms with Gasteiger partial charge in [0, 0.05) is 24.7 Å². The Kier molecular flexibility index (Phi) is 4.70. The summed E-state index contributed by atoms with van der Waals surface area (Å²) in [4.78, 5) is 13.9. The first kappa shape index (κ1) is 17.1. The number of aliphatic hydroxyl groups is 1. The lowest BCUT2D eigenvalue weighted by atomic mass is 9.88. The average Bonchev–Trinajstić information content (AvgIpc) is 2.55. The summed E-state index contributed by atoms with van der Waals surface area (Å²) in [6, 6.07) is 5.29. The molecule has 1 heterocycles. The van der Waals surface area contributed by atoms with Gasteiger partial charge in [0.1, 0.15) is 11.2 Å². The second kappa shape index (κ2) is 6.07. The van der Waals surface area contributed by atoms with Crippen molar-refractivity contribution < 1.29 is 14.6 Å². The second-order valence-corrected chi connectivity index (χ2v) is 7.13. The summed E-state index contributed by atoms with van der Waals surface area (Å²) in [5, 5.41) is 11.3. The van der Waals surface area contributed by atoms with Crippen molar-refractivity contribution in [1.29, 1.82) is 0 Å². The summed E-state index contributed by atoms with van der Waals surface area (Å²) >= 11 is 6.04. The number of carbonyl (C=O) groups excluding carboxylic acids is 1. The lowest BCUT2D eigenvalue weighted by Crippen LogP contribution is -2.39. The van der Waals surface area contributed by atoms with Crippen molar-refractivity contribution in [3.63, 3.8) is 0 Å². The van der Waals surface area contributed by atoms with Gasteiger partial charge in [-0.25, -0.2) is 4.79 Å². The third kappa shape index (κ3) is 3.72. The van der Waals surface area contributed by atoms with Crippen LogP contribution in [0.5, 0.6) is 0 Å². The van der Waals surface area contributed by atoms with Crippen molar-refractivity contribution in [2.75, 3.05) is 13.1 Å². The van der Waals surface area contributed by atoms with Crippen LogP contribution in [0.3, 0.4) is 0 Å². The van der Waals surface area contributed by atoms with Gasteiger partial charge in [0.2, 0.25) is 0 Å². The molecule has 0 spiro atoms. The zero-order valence-corrected chi connectivity index (χ0v) is 14.0. The molecule has 0 radical (unpaired) electrons. The van der Waals surface area contributed by atoms with Crippen LogP contribution in [0.4, 0.5) is 4.79 Å². The Hall–Kier alpha value is -1.30. The Morgan fingerprint density at radius 2 is 2.18 bits per heavy atom. The first-order chi connectivity index (χ1) is 10.1. The van der Waals surface area contributed by atoms with Gasteiger partial charge in [-0.05, 0) is 50.5 Å². The SMILES string of the molecule is CC(C)(C)OC(=O)N1CCC(O)(CN)c2cc(Cl)ccc2C1. The van der Waals surface area contributed by atoms with Gasteiger partial charge >= 0.3 is 6.09 Å². The molecule has 1 aliphatic rings. The molecule has 22 heavy (non-hydrogen) atoms. The third-order valence-electron chi connectivity index (χ3n) is 3.72. The molecule has 1 atom stereocenters. The number of hydrogen-bond acceptors (Lipinski definition) is 4. The number of benzene rings is 1. The number of halogens is 1. The number of rotatable bonds is 1. The minimum absolute atomic E-state index is 0.0719. The predicted molar refractivity (Wildman–Crippen MR) is 85.7 cm³/mol. The molecule has 5 nitrogen and oxygen atoms in total. The molecule has 0 aliphatic carbocycles. The molecule has 0 aromatic heterocycles. The number of nitrogens with zero attached hydrogens (tertiary/aromatic N) is 1. The van der Waals surface area contributed by atoms with Crippen molar-refractivity contribution in [2.24, 2.45) is 5.73 Å². The van der Waals surface area contributed by atoms with Crippen LogP contribution in [-0.2, 0) is 16.9 Å². The Labute approximate surface area is 136 Å². The first-order valence-electron chi connectivity index (χ1n) is 7.34. The van der Waals surface area contributed by atoms with Gasteiger partial charge in [0.05, 0.1) is 0 Å². The molecule has 0 fully saturated rings.